The number of piperazine rings is 1. The number of urea groups is 1. The van der Waals surface area contributed by atoms with E-state index in [-0.39, 0.29) is 11.1 Å². The summed E-state index contributed by atoms with van der Waals surface area (Å²) < 4.78 is 13.2. The summed E-state index contributed by atoms with van der Waals surface area (Å²) >= 11 is 11.7. The van der Waals surface area contributed by atoms with Gasteiger partial charge in [-0.25, -0.2) is 9.18 Å². The third-order valence-corrected chi connectivity index (χ3v) is 4.47. The van der Waals surface area contributed by atoms with E-state index in [1.54, 1.807) is 41.3 Å². The molecule has 1 heterocycles. The Morgan fingerprint density at radius 1 is 1.00 bits per heavy atom. The molecule has 7 heteroatoms. The maximum absolute atomic E-state index is 13.2. The summed E-state index contributed by atoms with van der Waals surface area (Å²) in [7, 11) is 0. The maximum atomic E-state index is 13.2. The van der Waals surface area contributed by atoms with E-state index in [2.05, 4.69) is 10.2 Å². The molecule has 1 aliphatic heterocycles. The van der Waals surface area contributed by atoms with Crippen LogP contribution in [0, 0.1) is 5.82 Å². The van der Waals surface area contributed by atoms with Gasteiger partial charge in [-0.3, -0.25) is 0 Å². The molecule has 2 aromatic carbocycles. The smallest absolute Gasteiger partial charge is 0.321 e. The molecule has 2 amide bonds. The molecule has 0 aliphatic carbocycles. The monoisotopic (exact) mass is 367 g/mol. The van der Waals surface area contributed by atoms with Crippen molar-refractivity contribution >= 4 is 40.6 Å². The van der Waals surface area contributed by atoms with E-state index >= 15 is 0 Å². The van der Waals surface area contributed by atoms with Crippen LogP contribution in [-0.4, -0.2) is 37.1 Å². The molecule has 1 saturated heterocycles. The van der Waals surface area contributed by atoms with Crippen LogP contribution in [0.5, 0.6) is 0 Å². The number of halogens is 3. The largest absolute Gasteiger partial charge is 0.368 e. The normalized spacial score (nSPS) is 14.6. The van der Waals surface area contributed by atoms with Crippen LogP contribution in [0.2, 0.25) is 10.0 Å². The van der Waals surface area contributed by atoms with Crippen molar-refractivity contribution in [3.05, 3.63) is 58.3 Å². The minimum atomic E-state index is -0.429. The predicted octanol–water partition coefficient (Wildman–Crippen LogP) is 4.49. The first kappa shape index (κ1) is 16.9. The van der Waals surface area contributed by atoms with Gasteiger partial charge in [0.05, 0.1) is 5.02 Å². The van der Waals surface area contributed by atoms with Crippen LogP contribution in [0.1, 0.15) is 0 Å². The van der Waals surface area contributed by atoms with Crippen molar-refractivity contribution in [2.75, 3.05) is 36.4 Å². The van der Waals surface area contributed by atoms with Crippen LogP contribution < -0.4 is 10.2 Å². The summed E-state index contributed by atoms with van der Waals surface area (Å²) in [6, 6.07) is 11.5. The van der Waals surface area contributed by atoms with Crippen molar-refractivity contribution in [1.82, 2.24) is 4.90 Å². The highest BCUT2D eigenvalue weighted by Gasteiger charge is 2.21. The molecule has 3 rings (SSSR count). The zero-order valence-corrected chi connectivity index (χ0v) is 14.3. The average Bonchev–Trinajstić information content (AvgIpc) is 2.59. The lowest BCUT2D eigenvalue weighted by atomic mass is 10.2. The molecule has 24 heavy (non-hydrogen) atoms. The molecule has 0 saturated carbocycles. The molecule has 0 unspecified atom stereocenters. The second-order valence-electron chi connectivity index (χ2n) is 5.51. The quantitative estimate of drug-likeness (QED) is 0.848. The molecular formula is C17H16Cl2FN3O. The van der Waals surface area contributed by atoms with Gasteiger partial charge >= 0.3 is 6.03 Å². The summed E-state index contributed by atoms with van der Waals surface area (Å²) in [5.41, 5.74) is 1.57. The molecule has 2 aromatic rings. The van der Waals surface area contributed by atoms with Gasteiger partial charge in [0.2, 0.25) is 0 Å². The maximum Gasteiger partial charge on any atom is 0.321 e. The van der Waals surface area contributed by atoms with Crippen LogP contribution in [0.4, 0.5) is 20.6 Å². The predicted molar refractivity (Wildman–Crippen MR) is 95.7 cm³/mol. The lowest BCUT2D eigenvalue weighted by Crippen LogP contribution is -2.50. The van der Waals surface area contributed by atoms with Crippen LogP contribution in [0.25, 0.3) is 0 Å². The minimum absolute atomic E-state index is 0.107. The van der Waals surface area contributed by atoms with Crippen LogP contribution >= 0.6 is 23.2 Å². The molecule has 0 radical (unpaired) electrons. The fourth-order valence-corrected chi connectivity index (χ4v) is 2.89. The average molecular weight is 368 g/mol. The number of carbonyl (C=O) groups is 1. The first-order valence-corrected chi connectivity index (χ1v) is 8.30. The van der Waals surface area contributed by atoms with Gasteiger partial charge in [0.1, 0.15) is 5.82 Å². The number of nitrogens with zero attached hydrogens (tertiary/aromatic N) is 2. The Labute approximate surface area is 149 Å². The van der Waals surface area contributed by atoms with Gasteiger partial charge in [-0.05, 0) is 42.5 Å². The van der Waals surface area contributed by atoms with Gasteiger partial charge in [0.25, 0.3) is 0 Å². The molecule has 0 atom stereocenters. The fourth-order valence-electron chi connectivity index (χ4n) is 2.59. The Kier molecular flexibility index (Phi) is 5.11. The highest BCUT2D eigenvalue weighted by molar-refractivity contribution is 6.31. The number of amides is 2. The molecule has 1 fully saturated rings. The summed E-state index contributed by atoms with van der Waals surface area (Å²) in [5.74, 6) is -0.429. The Hall–Kier alpha value is -1.98. The second kappa shape index (κ2) is 7.28. The highest BCUT2D eigenvalue weighted by atomic mass is 35.5. The summed E-state index contributed by atoms with van der Waals surface area (Å²) in [6.07, 6.45) is 0. The van der Waals surface area contributed by atoms with E-state index in [4.69, 9.17) is 23.2 Å². The topological polar surface area (TPSA) is 35.6 Å². The number of benzene rings is 2. The number of hydrogen-bond acceptors (Lipinski definition) is 2. The third-order valence-electron chi connectivity index (χ3n) is 3.93. The van der Waals surface area contributed by atoms with E-state index in [0.29, 0.717) is 36.9 Å². The molecule has 0 bridgehead atoms. The van der Waals surface area contributed by atoms with E-state index in [1.165, 1.54) is 6.07 Å². The molecule has 0 spiro atoms. The van der Waals surface area contributed by atoms with Gasteiger partial charge in [-0.15, -0.1) is 0 Å². The first-order chi connectivity index (χ1) is 11.5. The van der Waals surface area contributed by atoms with E-state index in [1.807, 2.05) is 0 Å². The number of anilines is 2. The second-order valence-corrected chi connectivity index (χ2v) is 6.35. The zero-order valence-electron chi connectivity index (χ0n) is 12.8. The molecule has 126 valence electrons. The SMILES string of the molecule is O=C(Nc1ccc(Cl)cc1)N1CCN(c2ccc(F)c(Cl)c2)CC1. The first-order valence-electron chi connectivity index (χ1n) is 7.54. The van der Waals surface area contributed by atoms with E-state index < -0.39 is 5.82 Å². The number of carbonyl (C=O) groups excluding carboxylic acids is 1. The standard InChI is InChI=1S/C17H16Cl2FN3O/c18-12-1-3-13(4-2-12)21-17(24)23-9-7-22(8-10-23)14-5-6-16(20)15(19)11-14/h1-6,11H,7-10H2,(H,21,24). The van der Waals surface area contributed by atoms with Crippen molar-refractivity contribution in [3.8, 4) is 0 Å². The van der Waals surface area contributed by atoms with Crippen LogP contribution in [0.3, 0.4) is 0 Å². The van der Waals surface area contributed by atoms with E-state index in [0.717, 1.165) is 5.69 Å². The fraction of sp³-hybridized carbons (Fsp3) is 0.235. The van der Waals surface area contributed by atoms with Crippen molar-refractivity contribution < 1.29 is 9.18 Å². The number of nitrogens with one attached hydrogen (secondary N) is 1. The van der Waals surface area contributed by atoms with Crippen LogP contribution in [0.15, 0.2) is 42.5 Å². The van der Waals surface area contributed by atoms with Crippen LogP contribution in [-0.2, 0) is 0 Å². The van der Waals surface area contributed by atoms with Gasteiger partial charge in [0.15, 0.2) is 0 Å². The lowest BCUT2D eigenvalue weighted by Gasteiger charge is -2.36. The van der Waals surface area contributed by atoms with Crippen molar-refractivity contribution in [2.45, 2.75) is 0 Å². The minimum Gasteiger partial charge on any atom is -0.368 e. The summed E-state index contributed by atoms with van der Waals surface area (Å²) in [4.78, 5) is 16.1. The zero-order chi connectivity index (χ0) is 17.1. The Balaban J connectivity index is 1.57. The Bertz CT molecular complexity index is 731. The molecule has 1 N–H and O–H groups in total. The van der Waals surface area contributed by atoms with Gasteiger partial charge < -0.3 is 15.1 Å². The Morgan fingerprint density at radius 2 is 1.67 bits per heavy atom. The molecule has 1 aliphatic rings. The van der Waals surface area contributed by atoms with Gasteiger partial charge in [0, 0.05) is 42.6 Å². The molecule has 0 aromatic heterocycles. The summed E-state index contributed by atoms with van der Waals surface area (Å²) in [5, 5.41) is 3.58. The lowest BCUT2D eigenvalue weighted by molar-refractivity contribution is 0.208. The number of hydrogen-bond donors (Lipinski definition) is 1. The Morgan fingerprint density at radius 3 is 2.29 bits per heavy atom. The van der Waals surface area contributed by atoms with Gasteiger partial charge in [-0.2, -0.15) is 0 Å². The molecular weight excluding hydrogens is 352 g/mol. The van der Waals surface area contributed by atoms with Gasteiger partial charge in [-0.1, -0.05) is 23.2 Å². The van der Waals surface area contributed by atoms with E-state index in [9.17, 15) is 9.18 Å². The van der Waals surface area contributed by atoms with Crippen molar-refractivity contribution in [2.24, 2.45) is 0 Å². The molecule has 4 nitrogen and oxygen atoms in total. The van der Waals surface area contributed by atoms with Crippen molar-refractivity contribution in [1.29, 1.82) is 0 Å². The summed E-state index contributed by atoms with van der Waals surface area (Å²) in [6.45, 7) is 2.48. The highest BCUT2D eigenvalue weighted by Crippen LogP contribution is 2.23. The third kappa shape index (κ3) is 3.91. The van der Waals surface area contributed by atoms with Crippen molar-refractivity contribution in [3.63, 3.8) is 0 Å². The number of rotatable bonds is 2.